The SMILES string of the molecule is CC(C)NCC1(CN(C)CCC(F)(F)F)CCCCC1. The van der Waals surface area contributed by atoms with Gasteiger partial charge in [0.25, 0.3) is 0 Å². The van der Waals surface area contributed by atoms with Crippen LogP contribution in [0.1, 0.15) is 52.4 Å². The summed E-state index contributed by atoms with van der Waals surface area (Å²) in [5.74, 6) is 0. The number of alkyl halides is 3. The second-order valence-electron chi connectivity index (χ2n) is 6.70. The molecule has 0 aromatic carbocycles. The van der Waals surface area contributed by atoms with Crippen molar-refractivity contribution in [1.29, 1.82) is 0 Å². The van der Waals surface area contributed by atoms with Gasteiger partial charge in [-0.25, -0.2) is 0 Å². The number of hydrogen-bond acceptors (Lipinski definition) is 2. The third kappa shape index (κ3) is 6.93. The Morgan fingerprint density at radius 2 is 1.75 bits per heavy atom. The van der Waals surface area contributed by atoms with Crippen LogP contribution in [0.2, 0.25) is 0 Å². The van der Waals surface area contributed by atoms with Crippen LogP contribution in [0.5, 0.6) is 0 Å². The van der Waals surface area contributed by atoms with Crippen LogP contribution in [-0.2, 0) is 0 Å². The van der Waals surface area contributed by atoms with Crippen molar-refractivity contribution in [1.82, 2.24) is 10.2 Å². The van der Waals surface area contributed by atoms with Crippen LogP contribution in [0.25, 0.3) is 0 Å². The molecule has 1 aliphatic rings. The number of nitrogens with zero attached hydrogens (tertiary/aromatic N) is 1. The van der Waals surface area contributed by atoms with Crippen LogP contribution in [0.15, 0.2) is 0 Å². The van der Waals surface area contributed by atoms with Gasteiger partial charge in [-0.05, 0) is 25.3 Å². The molecule has 0 saturated heterocycles. The lowest BCUT2D eigenvalue weighted by molar-refractivity contribution is -0.138. The second kappa shape index (κ2) is 7.64. The highest BCUT2D eigenvalue weighted by Gasteiger charge is 2.34. The van der Waals surface area contributed by atoms with Crippen molar-refractivity contribution in [3.63, 3.8) is 0 Å². The summed E-state index contributed by atoms with van der Waals surface area (Å²) in [7, 11) is 1.82. The van der Waals surface area contributed by atoms with Crippen LogP contribution >= 0.6 is 0 Å². The lowest BCUT2D eigenvalue weighted by atomic mass is 9.73. The maximum absolute atomic E-state index is 12.3. The van der Waals surface area contributed by atoms with Crippen LogP contribution in [0, 0.1) is 5.41 Å². The molecule has 0 amide bonds. The molecule has 0 aliphatic heterocycles. The van der Waals surface area contributed by atoms with E-state index in [9.17, 15) is 13.2 Å². The van der Waals surface area contributed by atoms with Gasteiger partial charge in [0.05, 0.1) is 6.42 Å². The standard InChI is InChI=1S/C15H29F3N2/c1-13(2)19-11-14(7-5-4-6-8-14)12-20(3)10-9-15(16,17)18/h13,19H,4-12H2,1-3H3. The third-order valence-corrected chi connectivity index (χ3v) is 4.18. The van der Waals surface area contributed by atoms with Gasteiger partial charge in [-0.15, -0.1) is 0 Å². The lowest BCUT2D eigenvalue weighted by Gasteiger charge is -2.41. The zero-order valence-corrected chi connectivity index (χ0v) is 13.0. The van der Waals surface area contributed by atoms with E-state index in [2.05, 4.69) is 19.2 Å². The molecule has 1 rings (SSSR count). The molecule has 2 nitrogen and oxygen atoms in total. The first kappa shape index (κ1) is 17.8. The molecule has 0 heterocycles. The smallest absolute Gasteiger partial charge is 0.314 e. The number of hydrogen-bond donors (Lipinski definition) is 1. The molecule has 1 aliphatic carbocycles. The van der Waals surface area contributed by atoms with E-state index in [1.165, 1.54) is 19.3 Å². The first-order valence-electron chi connectivity index (χ1n) is 7.71. The van der Waals surface area contributed by atoms with Gasteiger partial charge in [0.1, 0.15) is 0 Å². The summed E-state index contributed by atoms with van der Waals surface area (Å²) in [6.07, 6.45) is 1.16. The highest BCUT2D eigenvalue weighted by molar-refractivity contribution is 4.88. The predicted molar refractivity (Wildman–Crippen MR) is 76.8 cm³/mol. The lowest BCUT2D eigenvalue weighted by Crippen LogP contribution is -2.46. The van der Waals surface area contributed by atoms with Gasteiger partial charge in [0.2, 0.25) is 0 Å². The molecule has 0 aromatic heterocycles. The second-order valence-corrected chi connectivity index (χ2v) is 6.70. The minimum absolute atomic E-state index is 0.104. The molecule has 120 valence electrons. The summed E-state index contributed by atoms with van der Waals surface area (Å²) in [4.78, 5) is 1.86. The van der Waals surface area contributed by atoms with Gasteiger partial charge >= 0.3 is 6.18 Å². The van der Waals surface area contributed by atoms with Crippen molar-refractivity contribution in [3.05, 3.63) is 0 Å². The monoisotopic (exact) mass is 294 g/mol. The van der Waals surface area contributed by atoms with Gasteiger partial charge < -0.3 is 10.2 Å². The summed E-state index contributed by atoms with van der Waals surface area (Å²) in [5.41, 5.74) is 0.156. The van der Waals surface area contributed by atoms with Gasteiger partial charge in [-0.1, -0.05) is 33.1 Å². The van der Waals surface area contributed by atoms with E-state index in [1.807, 2.05) is 11.9 Å². The van der Waals surface area contributed by atoms with Crippen LogP contribution < -0.4 is 5.32 Å². The number of halogens is 3. The molecule has 1 saturated carbocycles. The molecule has 20 heavy (non-hydrogen) atoms. The van der Waals surface area contributed by atoms with E-state index in [0.717, 1.165) is 25.9 Å². The normalized spacial score (nSPS) is 19.8. The van der Waals surface area contributed by atoms with Crippen molar-refractivity contribution in [2.24, 2.45) is 5.41 Å². The van der Waals surface area contributed by atoms with Gasteiger partial charge in [-0.3, -0.25) is 0 Å². The molecule has 5 heteroatoms. The molecule has 0 unspecified atom stereocenters. The maximum atomic E-state index is 12.3. The highest BCUT2D eigenvalue weighted by atomic mass is 19.4. The minimum Gasteiger partial charge on any atom is -0.314 e. The predicted octanol–water partition coefficient (Wildman–Crippen LogP) is 3.82. The fourth-order valence-electron chi connectivity index (χ4n) is 3.08. The number of nitrogens with one attached hydrogen (secondary N) is 1. The topological polar surface area (TPSA) is 15.3 Å². The van der Waals surface area contributed by atoms with E-state index >= 15 is 0 Å². The molecule has 1 N–H and O–H groups in total. The summed E-state index contributed by atoms with van der Waals surface area (Å²) in [5, 5.41) is 3.48. The molecular formula is C15H29F3N2. The fraction of sp³-hybridized carbons (Fsp3) is 1.00. The Morgan fingerprint density at radius 1 is 1.15 bits per heavy atom. The van der Waals surface area contributed by atoms with Gasteiger partial charge in [0, 0.05) is 25.7 Å². The molecule has 0 bridgehead atoms. The third-order valence-electron chi connectivity index (χ3n) is 4.18. The number of rotatable bonds is 7. The Morgan fingerprint density at radius 3 is 2.25 bits per heavy atom. The van der Waals surface area contributed by atoms with Crippen molar-refractivity contribution >= 4 is 0 Å². The Hall–Kier alpha value is -0.290. The zero-order chi connectivity index (χ0) is 15.2. The van der Waals surface area contributed by atoms with E-state index < -0.39 is 12.6 Å². The van der Waals surface area contributed by atoms with Crippen LogP contribution in [0.3, 0.4) is 0 Å². The minimum atomic E-state index is -4.05. The summed E-state index contributed by atoms with van der Waals surface area (Å²) in [6.45, 7) is 6.02. The highest BCUT2D eigenvalue weighted by Crippen LogP contribution is 2.36. The quantitative estimate of drug-likeness (QED) is 0.768. The van der Waals surface area contributed by atoms with Crippen molar-refractivity contribution in [2.45, 2.75) is 64.6 Å². The van der Waals surface area contributed by atoms with Gasteiger partial charge in [-0.2, -0.15) is 13.2 Å². The first-order chi connectivity index (χ1) is 9.22. The van der Waals surface area contributed by atoms with E-state index in [1.54, 1.807) is 0 Å². The van der Waals surface area contributed by atoms with E-state index in [0.29, 0.717) is 6.04 Å². The molecule has 1 fully saturated rings. The molecule has 0 spiro atoms. The summed E-state index contributed by atoms with van der Waals surface area (Å²) >= 11 is 0. The molecule has 0 aromatic rings. The Kier molecular flexibility index (Phi) is 6.79. The summed E-state index contributed by atoms with van der Waals surface area (Å²) in [6, 6.07) is 0.425. The zero-order valence-electron chi connectivity index (χ0n) is 13.0. The summed E-state index contributed by atoms with van der Waals surface area (Å²) < 4.78 is 36.9. The van der Waals surface area contributed by atoms with Crippen LogP contribution in [-0.4, -0.2) is 43.8 Å². The first-order valence-corrected chi connectivity index (χ1v) is 7.71. The molecule has 0 atom stereocenters. The Bertz CT molecular complexity index is 271. The largest absolute Gasteiger partial charge is 0.390 e. The van der Waals surface area contributed by atoms with Crippen LogP contribution in [0.4, 0.5) is 13.2 Å². The average Bonchev–Trinajstić information content (AvgIpc) is 2.34. The fourth-order valence-corrected chi connectivity index (χ4v) is 3.08. The van der Waals surface area contributed by atoms with Crippen molar-refractivity contribution < 1.29 is 13.2 Å². The van der Waals surface area contributed by atoms with Crippen molar-refractivity contribution in [3.8, 4) is 0 Å². The Labute approximate surface area is 121 Å². The molecular weight excluding hydrogens is 265 g/mol. The van der Waals surface area contributed by atoms with Crippen molar-refractivity contribution in [2.75, 3.05) is 26.7 Å². The van der Waals surface area contributed by atoms with E-state index in [-0.39, 0.29) is 12.0 Å². The Balaban J connectivity index is 2.50. The van der Waals surface area contributed by atoms with E-state index in [4.69, 9.17) is 0 Å². The molecule has 0 radical (unpaired) electrons. The maximum Gasteiger partial charge on any atom is 0.390 e. The average molecular weight is 294 g/mol. The van der Waals surface area contributed by atoms with Gasteiger partial charge in [0.15, 0.2) is 0 Å².